The number of rotatable bonds is 5. The summed E-state index contributed by atoms with van der Waals surface area (Å²) in [6, 6.07) is 0.100. The number of aromatic nitrogens is 3. The van der Waals surface area contributed by atoms with Crippen LogP contribution in [0, 0.1) is 0 Å². The Hall–Kier alpha value is -1.09. The molecule has 3 aliphatic rings. The number of carbonyl (C=O) groups is 1. The summed E-state index contributed by atoms with van der Waals surface area (Å²) < 4.78 is 25.7. The molecule has 1 saturated heterocycles. The van der Waals surface area contributed by atoms with E-state index in [0.717, 1.165) is 49.6 Å². The molecule has 0 bridgehead atoms. The SMILES string of the molecule is O=C(CSc1nnc2n1CCCCC2)N(C1CC1)[C@H]1CCS(=O)(=O)C1. The third-order valence-electron chi connectivity index (χ3n) is 5.23. The Balaban J connectivity index is 1.42. The Bertz CT molecular complexity index is 757. The minimum absolute atomic E-state index is 0.0422. The lowest BCUT2D eigenvalue weighted by molar-refractivity contribution is -0.130. The first-order valence-corrected chi connectivity index (χ1v) is 11.9. The number of amides is 1. The number of carbonyl (C=O) groups excluding carboxylic acids is 1. The second kappa shape index (κ2) is 6.90. The third-order valence-corrected chi connectivity index (χ3v) is 7.93. The maximum Gasteiger partial charge on any atom is 0.233 e. The van der Waals surface area contributed by atoms with Crippen LogP contribution >= 0.6 is 11.8 Å². The van der Waals surface area contributed by atoms with Gasteiger partial charge in [-0.1, -0.05) is 18.2 Å². The Morgan fingerprint density at radius 1 is 1.16 bits per heavy atom. The van der Waals surface area contributed by atoms with Crippen molar-refractivity contribution >= 4 is 27.5 Å². The fraction of sp³-hybridized carbons (Fsp3) is 0.812. The molecule has 0 spiro atoms. The molecule has 1 amide bonds. The predicted octanol–water partition coefficient (Wildman–Crippen LogP) is 1.27. The largest absolute Gasteiger partial charge is 0.335 e. The molecular formula is C16H24N4O3S2. The number of fused-ring (bicyclic) bond motifs is 1. The van der Waals surface area contributed by atoms with Crippen molar-refractivity contribution in [2.75, 3.05) is 17.3 Å². The maximum atomic E-state index is 12.8. The highest BCUT2D eigenvalue weighted by Gasteiger charge is 2.42. The van der Waals surface area contributed by atoms with Crippen LogP contribution in [0.15, 0.2) is 5.16 Å². The van der Waals surface area contributed by atoms with E-state index in [4.69, 9.17) is 0 Å². The minimum Gasteiger partial charge on any atom is -0.335 e. The Labute approximate surface area is 152 Å². The first kappa shape index (κ1) is 17.3. The molecule has 1 aromatic rings. The fourth-order valence-corrected chi connectivity index (χ4v) is 6.38. The van der Waals surface area contributed by atoms with Crippen LogP contribution in [0.4, 0.5) is 0 Å². The molecule has 1 aromatic heterocycles. The molecule has 1 aliphatic carbocycles. The van der Waals surface area contributed by atoms with Gasteiger partial charge in [-0.2, -0.15) is 0 Å². The van der Waals surface area contributed by atoms with Crippen LogP contribution < -0.4 is 0 Å². The van der Waals surface area contributed by atoms with E-state index in [2.05, 4.69) is 14.8 Å². The van der Waals surface area contributed by atoms with Crippen molar-refractivity contribution in [1.29, 1.82) is 0 Å². The van der Waals surface area contributed by atoms with Crippen LogP contribution in [0.5, 0.6) is 0 Å². The third kappa shape index (κ3) is 3.86. The molecule has 2 fully saturated rings. The number of aryl methyl sites for hydroxylation is 1. The van der Waals surface area contributed by atoms with Crippen LogP contribution in [-0.2, 0) is 27.6 Å². The van der Waals surface area contributed by atoms with Crippen molar-refractivity contribution in [2.45, 2.75) is 68.7 Å². The Kier molecular flexibility index (Phi) is 4.79. The van der Waals surface area contributed by atoms with Crippen LogP contribution in [-0.4, -0.2) is 63.3 Å². The molecule has 7 nitrogen and oxygen atoms in total. The quantitative estimate of drug-likeness (QED) is 0.711. The van der Waals surface area contributed by atoms with E-state index in [1.165, 1.54) is 18.2 Å². The van der Waals surface area contributed by atoms with E-state index in [1.54, 1.807) is 0 Å². The first-order valence-electron chi connectivity index (χ1n) is 9.10. The molecule has 25 heavy (non-hydrogen) atoms. The zero-order chi connectivity index (χ0) is 17.4. The van der Waals surface area contributed by atoms with E-state index in [1.807, 2.05) is 4.90 Å². The number of nitrogens with zero attached hydrogens (tertiary/aromatic N) is 4. The van der Waals surface area contributed by atoms with E-state index in [9.17, 15) is 13.2 Å². The first-order chi connectivity index (χ1) is 12.0. The van der Waals surface area contributed by atoms with Crippen molar-refractivity contribution in [1.82, 2.24) is 19.7 Å². The minimum atomic E-state index is -2.98. The van der Waals surface area contributed by atoms with Gasteiger partial charge in [0.2, 0.25) is 5.91 Å². The van der Waals surface area contributed by atoms with Gasteiger partial charge < -0.3 is 9.47 Å². The standard InChI is InChI=1S/C16H24N4O3S2/c21-15(20(12-5-6-12)13-7-9-25(22,23)11-13)10-24-16-18-17-14-4-2-1-3-8-19(14)16/h12-13H,1-11H2/t13-/m0/s1. The molecular weight excluding hydrogens is 360 g/mol. The normalized spacial score (nSPS) is 25.4. The highest BCUT2D eigenvalue weighted by Crippen LogP contribution is 2.33. The molecule has 0 N–H and O–H groups in total. The van der Waals surface area contributed by atoms with E-state index in [0.29, 0.717) is 12.2 Å². The molecule has 1 saturated carbocycles. The zero-order valence-corrected chi connectivity index (χ0v) is 15.9. The molecule has 4 rings (SSSR count). The van der Waals surface area contributed by atoms with Gasteiger partial charge >= 0.3 is 0 Å². The van der Waals surface area contributed by atoms with Gasteiger partial charge in [-0.25, -0.2) is 8.42 Å². The van der Waals surface area contributed by atoms with Crippen LogP contribution in [0.2, 0.25) is 0 Å². The topological polar surface area (TPSA) is 85.2 Å². The van der Waals surface area contributed by atoms with Gasteiger partial charge in [-0.05, 0) is 32.1 Å². The highest BCUT2D eigenvalue weighted by atomic mass is 32.2. The smallest absolute Gasteiger partial charge is 0.233 e. The average molecular weight is 385 g/mol. The second-order valence-corrected chi connectivity index (χ2v) is 10.4. The second-order valence-electron chi connectivity index (χ2n) is 7.24. The average Bonchev–Trinajstić information content (AvgIpc) is 3.29. The summed E-state index contributed by atoms with van der Waals surface area (Å²) in [5, 5.41) is 9.35. The van der Waals surface area contributed by atoms with E-state index >= 15 is 0 Å². The van der Waals surface area contributed by atoms with Gasteiger partial charge in [0.25, 0.3) is 0 Å². The molecule has 2 aliphatic heterocycles. The number of thioether (sulfide) groups is 1. The van der Waals surface area contributed by atoms with Gasteiger partial charge in [0, 0.05) is 25.0 Å². The molecule has 0 radical (unpaired) electrons. The molecule has 0 unspecified atom stereocenters. The van der Waals surface area contributed by atoms with Gasteiger partial charge in [-0.3, -0.25) is 4.79 Å². The van der Waals surface area contributed by atoms with Crippen molar-refractivity contribution < 1.29 is 13.2 Å². The van der Waals surface area contributed by atoms with E-state index < -0.39 is 9.84 Å². The van der Waals surface area contributed by atoms with Gasteiger partial charge in [0.15, 0.2) is 15.0 Å². The summed E-state index contributed by atoms with van der Waals surface area (Å²) in [4.78, 5) is 14.7. The summed E-state index contributed by atoms with van der Waals surface area (Å²) in [5.41, 5.74) is 0. The summed E-state index contributed by atoms with van der Waals surface area (Å²) in [7, 11) is -2.98. The van der Waals surface area contributed by atoms with Crippen molar-refractivity contribution in [3.8, 4) is 0 Å². The van der Waals surface area contributed by atoms with Crippen molar-refractivity contribution in [2.24, 2.45) is 0 Å². The Morgan fingerprint density at radius 2 is 2.00 bits per heavy atom. The lowest BCUT2D eigenvalue weighted by Crippen LogP contribution is -2.43. The monoisotopic (exact) mass is 384 g/mol. The molecule has 0 aromatic carbocycles. The maximum absolute atomic E-state index is 12.8. The van der Waals surface area contributed by atoms with Gasteiger partial charge in [0.1, 0.15) is 5.82 Å². The fourth-order valence-electron chi connectivity index (χ4n) is 3.82. The lowest BCUT2D eigenvalue weighted by Gasteiger charge is -2.28. The number of hydrogen-bond acceptors (Lipinski definition) is 6. The summed E-state index contributed by atoms with van der Waals surface area (Å²) in [5.74, 6) is 1.71. The van der Waals surface area contributed by atoms with Crippen LogP contribution in [0.25, 0.3) is 0 Å². The van der Waals surface area contributed by atoms with Gasteiger partial charge in [-0.15, -0.1) is 10.2 Å². The zero-order valence-electron chi connectivity index (χ0n) is 14.3. The Morgan fingerprint density at radius 3 is 2.72 bits per heavy atom. The number of hydrogen-bond donors (Lipinski definition) is 0. The summed E-state index contributed by atoms with van der Waals surface area (Å²) >= 11 is 1.44. The molecule has 1 atom stereocenters. The van der Waals surface area contributed by atoms with Crippen LogP contribution in [0.3, 0.4) is 0 Å². The molecule has 138 valence electrons. The van der Waals surface area contributed by atoms with E-state index in [-0.39, 0.29) is 29.5 Å². The van der Waals surface area contributed by atoms with Crippen LogP contribution in [0.1, 0.15) is 44.3 Å². The molecule has 9 heteroatoms. The van der Waals surface area contributed by atoms with Crippen molar-refractivity contribution in [3.63, 3.8) is 0 Å². The van der Waals surface area contributed by atoms with Gasteiger partial charge in [0.05, 0.1) is 17.3 Å². The predicted molar refractivity (Wildman–Crippen MR) is 95.2 cm³/mol. The summed E-state index contributed by atoms with van der Waals surface area (Å²) in [6.45, 7) is 0.923. The number of sulfone groups is 1. The summed E-state index contributed by atoms with van der Waals surface area (Å²) in [6.07, 6.45) is 7.00. The lowest BCUT2D eigenvalue weighted by atomic mass is 10.2. The molecule has 3 heterocycles. The highest BCUT2D eigenvalue weighted by molar-refractivity contribution is 7.99. The van der Waals surface area contributed by atoms with Crippen molar-refractivity contribution in [3.05, 3.63) is 5.82 Å².